The Morgan fingerprint density at radius 3 is 2.62 bits per heavy atom. The first kappa shape index (κ1) is 10.6. The van der Waals surface area contributed by atoms with Gasteiger partial charge in [0.1, 0.15) is 0 Å². The second-order valence-electron chi connectivity index (χ2n) is 3.83. The number of benzene rings is 1. The minimum absolute atomic E-state index is 0.0364. The van der Waals surface area contributed by atoms with Crippen molar-refractivity contribution in [1.29, 1.82) is 0 Å². The molecule has 0 saturated heterocycles. The highest BCUT2D eigenvalue weighted by Crippen LogP contribution is 2.13. The van der Waals surface area contributed by atoms with Crippen LogP contribution in [0.2, 0.25) is 0 Å². The molecule has 0 aliphatic heterocycles. The molecule has 2 aromatic rings. The highest BCUT2D eigenvalue weighted by atomic mass is 16.1. The fourth-order valence-corrected chi connectivity index (χ4v) is 1.67. The molecule has 80 valence electrons. The lowest BCUT2D eigenvalue weighted by atomic mass is 10.0. The topological polar surface area (TPSA) is 30.0 Å². The lowest BCUT2D eigenvalue weighted by Crippen LogP contribution is -2.04. The van der Waals surface area contributed by atoms with Crippen LogP contribution in [-0.4, -0.2) is 10.8 Å². The number of hydrogen-bond acceptors (Lipinski definition) is 2. The molecule has 0 aliphatic rings. The Balaban J connectivity index is 2.44. The molecule has 0 unspecified atom stereocenters. The summed E-state index contributed by atoms with van der Waals surface area (Å²) in [6.07, 6.45) is 1.70. The molecule has 2 rings (SSSR count). The quantitative estimate of drug-likeness (QED) is 0.715. The van der Waals surface area contributed by atoms with E-state index in [1.165, 1.54) is 0 Å². The summed E-state index contributed by atoms with van der Waals surface area (Å²) in [6.45, 7) is 3.83. The standard InChI is InChI=1S/C14H13NO/c1-10-5-3-6-12(9-10)14(16)13-7-4-8-15-11(13)2/h3-9H,1-2H3. The number of pyridine rings is 1. The molecule has 0 radical (unpaired) electrons. The second-order valence-corrected chi connectivity index (χ2v) is 3.83. The van der Waals surface area contributed by atoms with Gasteiger partial charge in [-0.15, -0.1) is 0 Å². The summed E-state index contributed by atoms with van der Waals surface area (Å²) in [5, 5.41) is 0. The lowest BCUT2D eigenvalue weighted by molar-refractivity contribution is 0.103. The second kappa shape index (κ2) is 4.27. The van der Waals surface area contributed by atoms with E-state index < -0.39 is 0 Å². The predicted octanol–water partition coefficient (Wildman–Crippen LogP) is 2.93. The number of carbonyl (C=O) groups excluding carboxylic acids is 1. The summed E-state index contributed by atoms with van der Waals surface area (Å²) in [5.41, 5.74) is 3.26. The summed E-state index contributed by atoms with van der Waals surface area (Å²) in [6, 6.07) is 11.2. The first-order valence-corrected chi connectivity index (χ1v) is 5.21. The van der Waals surface area contributed by atoms with Crippen LogP contribution in [0, 0.1) is 13.8 Å². The van der Waals surface area contributed by atoms with Crippen molar-refractivity contribution in [2.75, 3.05) is 0 Å². The fraction of sp³-hybridized carbons (Fsp3) is 0.143. The summed E-state index contributed by atoms with van der Waals surface area (Å²) in [5.74, 6) is 0.0364. The van der Waals surface area contributed by atoms with Crippen LogP contribution < -0.4 is 0 Å². The Hall–Kier alpha value is -1.96. The zero-order valence-corrected chi connectivity index (χ0v) is 9.40. The van der Waals surface area contributed by atoms with Gasteiger partial charge in [-0.1, -0.05) is 23.8 Å². The van der Waals surface area contributed by atoms with Gasteiger partial charge in [-0.25, -0.2) is 0 Å². The summed E-state index contributed by atoms with van der Waals surface area (Å²) >= 11 is 0. The Kier molecular flexibility index (Phi) is 2.82. The van der Waals surface area contributed by atoms with E-state index in [9.17, 15) is 4.79 Å². The van der Waals surface area contributed by atoms with Gasteiger partial charge in [-0.2, -0.15) is 0 Å². The van der Waals surface area contributed by atoms with Crippen LogP contribution in [0.25, 0.3) is 0 Å². The minimum Gasteiger partial charge on any atom is -0.289 e. The van der Waals surface area contributed by atoms with E-state index in [0.717, 1.165) is 16.8 Å². The Morgan fingerprint density at radius 2 is 1.94 bits per heavy atom. The fourth-order valence-electron chi connectivity index (χ4n) is 1.67. The molecule has 1 heterocycles. The highest BCUT2D eigenvalue weighted by Gasteiger charge is 2.11. The normalized spacial score (nSPS) is 10.1. The average molecular weight is 211 g/mol. The zero-order chi connectivity index (χ0) is 11.5. The Labute approximate surface area is 95.0 Å². The van der Waals surface area contributed by atoms with E-state index in [4.69, 9.17) is 0 Å². The van der Waals surface area contributed by atoms with Crippen molar-refractivity contribution >= 4 is 5.78 Å². The van der Waals surface area contributed by atoms with Gasteiger partial charge in [0.2, 0.25) is 0 Å². The van der Waals surface area contributed by atoms with Gasteiger partial charge in [-0.05, 0) is 32.0 Å². The van der Waals surface area contributed by atoms with E-state index in [1.54, 1.807) is 12.3 Å². The van der Waals surface area contributed by atoms with Gasteiger partial charge < -0.3 is 0 Å². The molecule has 0 amide bonds. The number of nitrogens with zero attached hydrogens (tertiary/aromatic N) is 1. The van der Waals surface area contributed by atoms with Gasteiger partial charge in [0, 0.05) is 23.0 Å². The molecule has 0 atom stereocenters. The molecule has 1 aromatic heterocycles. The van der Waals surface area contributed by atoms with Crippen molar-refractivity contribution in [3.63, 3.8) is 0 Å². The maximum Gasteiger partial charge on any atom is 0.194 e. The molecule has 0 N–H and O–H groups in total. The summed E-state index contributed by atoms with van der Waals surface area (Å²) in [4.78, 5) is 16.3. The zero-order valence-electron chi connectivity index (χ0n) is 9.40. The number of aromatic nitrogens is 1. The van der Waals surface area contributed by atoms with Crippen molar-refractivity contribution in [2.45, 2.75) is 13.8 Å². The minimum atomic E-state index is 0.0364. The van der Waals surface area contributed by atoms with Crippen LogP contribution in [-0.2, 0) is 0 Å². The van der Waals surface area contributed by atoms with Crippen molar-refractivity contribution in [3.8, 4) is 0 Å². The van der Waals surface area contributed by atoms with Crippen LogP contribution >= 0.6 is 0 Å². The number of aryl methyl sites for hydroxylation is 2. The van der Waals surface area contributed by atoms with Crippen molar-refractivity contribution in [2.24, 2.45) is 0 Å². The maximum absolute atomic E-state index is 12.2. The van der Waals surface area contributed by atoms with Gasteiger partial charge in [0.25, 0.3) is 0 Å². The number of carbonyl (C=O) groups is 1. The Bertz CT molecular complexity index is 532. The monoisotopic (exact) mass is 211 g/mol. The van der Waals surface area contributed by atoms with E-state index in [0.29, 0.717) is 5.56 Å². The smallest absolute Gasteiger partial charge is 0.194 e. The first-order chi connectivity index (χ1) is 7.68. The third-order valence-electron chi connectivity index (χ3n) is 2.53. The number of rotatable bonds is 2. The molecular weight excluding hydrogens is 198 g/mol. The Morgan fingerprint density at radius 1 is 1.12 bits per heavy atom. The third kappa shape index (κ3) is 2.01. The summed E-state index contributed by atoms with van der Waals surface area (Å²) in [7, 11) is 0. The average Bonchev–Trinajstić information content (AvgIpc) is 2.29. The van der Waals surface area contributed by atoms with E-state index in [1.807, 2.05) is 44.2 Å². The van der Waals surface area contributed by atoms with Gasteiger partial charge in [0.15, 0.2) is 5.78 Å². The molecule has 1 aromatic carbocycles. The molecule has 2 nitrogen and oxygen atoms in total. The predicted molar refractivity (Wildman–Crippen MR) is 63.6 cm³/mol. The first-order valence-electron chi connectivity index (χ1n) is 5.21. The molecule has 2 heteroatoms. The SMILES string of the molecule is Cc1cccc(C(=O)c2cccnc2C)c1. The molecule has 0 saturated carbocycles. The van der Waals surface area contributed by atoms with Gasteiger partial charge in [-0.3, -0.25) is 9.78 Å². The van der Waals surface area contributed by atoms with Crippen LogP contribution in [0.3, 0.4) is 0 Å². The van der Waals surface area contributed by atoms with Gasteiger partial charge in [0.05, 0.1) is 0 Å². The van der Waals surface area contributed by atoms with Gasteiger partial charge >= 0.3 is 0 Å². The molecule has 0 bridgehead atoms. The van der Waals surface area contributed by atoms with Crippen LogP contribution in [0.15, 0.2) is 42.6 Å². The molecule has 0 fully saturated rings. The number of hydrogen-bond donors (Lipinski definition) is 0. The van der Waals surface area contributed by atoms with Crippen LogP contribution in [0.1, 0.15) is 27.2 Å². The highest BCUT2D eigenvalue weighted by molar-refractivity contribution is 6.09. The van der Waals surface area contributed by atoms with Crippen LogP contribution in [0.5, 0.6) is 0 Å². The largest absolute Gasteiger partial charge is 0.289 e. The molecular formula is C14H13NO. The van der Waals surface area contributed by atoms with E-state index in [-0.39, 0.29) is 5.78 Å². The third-order valence-corrected chi connectivity index (χ3v) is 2.53. The van der Waals surface area contributed by atoms with Crippen LogP contribution in [0.4, 0.5) is 0 Å². The molecule has 16 heavy (non-hydrogen) atoms. The van der Waals surface area contributed by atoms with Crippen molar-refractivity contribution in [1.82, 2.24) is 4.98 Å². The molecule has 0 spiro atoms. The maximum atomic E-state index is 12.2. The van der Waals surface area contributed by atoms with E-state index in [2.05, 4.69) is 4.98 Å². The molecule has 0 aliphatic carbocycles. The summed E-state index contributed by atoms with van der Waals surface area (Å²) < 4.78 is 0. The van der Waals surface area contributed by atoms with Crippen molar-refractivity contribution < 1.29 is 4.79 Å². The lowest BCUT2D eigenvalue weighted by Gasteiger charge is -2.04. The van der Waals surface area contributed by atoms with Crippen molar-refractivity contribution in [3.05, 3.63) is 65.0 Å². The number of ketones is 1. The van der Waals surface area contributed by atoms with E-state index >= 15 is 0 Å².